The van der Waals surface area contributed by atoms with E-state index in [9.17, 15) is 9.59 Å². The smallest absolute Gasteiger partial charge is 0.414 e. The predicted molar refractivity (Wildman–Crippen MR) is 71.8 cm³/mol. The summed E-state index contributed by atoms with van der Waals surface area (Å²) in [5.74, 6) is 0.194. The third kappa shape index (κ3) is 1.91. The Hall–Kier alpha value is -1.84. The number of Topliss-reactive ketones (excluding diaryl/α,β-unsaturated/α-hetero) is 1. The normalized spacial score (nSPS) is 17.1. The zero-order chi connectivity index (χ0) is 13.4. The number of amides is 1. The van der Waals surface area contributed by atoms with Gasteiger partial charge in [-0.25, -0.2) is 4.79 Å². The first-order valence-corrected chi connectivity index (χ1v) is 6.84. The van der Waals surface area contributed by atoms with Crippen molar-refractivity contribution in [3.05, 3.63) is 28.8 Å². The Morgan fingerprint density at radius 1 is 1.32 bits per heavy atom. The summed E-state index contributed by atoms with van der Waals surface area (Å²) < 4.78 is 5.10. The molecule has 0 N–H and O–H groups in total. The van der Waals surface area contributed by atoms with Crippen LogP contribution in [0.5, 0.6) is 0 Å². The lowest BCUT2D eigenvalue weighted by molar-refractivity contribution is 0.0972. The highest BCUT2D eigenvalue weighted by Crippen LogP contribution is 2.37. The van der Waals surface area contributed by atoms with E-state index in [1.807, 2.05) is 12.1 Å². The zero-order valence-corrected chi connectivity index (χ0v) is 11.1. The number of ketones is 1. The maximum Gasteiger partial charge on any atom is 0.414 e. The van der Waals surface area contributed by atoms with Crippen LogP contribution in [0.15, 0.2) is 12.1 Å². The Morgan fingerprint density at radius 3 is 2.95 bits per heavy atom. The summed E-state index contributed by atoms with van der Waals surface area (Å²) in [6.07, 6.45) is 2.91. The van der Waals surface area contributed by atoms with E-state index in [0.717, 1.165) is 41.6 Å². The van der Waals surface area contributed by atoms with Crippen molar-refractivity contribution in [3.63, 3.8) is 0 Å². The molecule has 0 spiro atoms. The Bertz CT molecular complexity index is 551. The molecule has 1 aliphatic carbocycles. The fourth-order valence-corrected chi connectivity index (χ4v) is 3.03. The fourth-order valence-electron chi connectivity index (χ4n) is 3.03. The van der Waals surface area contributed by atoms with Gasteiger partial charge in [-0.15, -0.1) is 0 Å². The van der Waals surface area contributed by atoms with Crippen LogP contribution in [0.2, 0.25) is 0 Å². The van der Waals surface area contributed by atoms with E-state index in [4.69, 9.17) is 4.74 Å². The molecule has 0 fully saturated rings. The van der Waals surface area contributed by atoms with Gasteiger partial charge in [0.25, 0.3) is 0 Å². The molecule has 1 aromatic rings. The van der Waals surface area contributed by atoms with Crippen LogP contribution in [0.25, 0.3) is 0 Å². The quantitative estimate of drug-likeness (QED) is 0.779. The highest BCUT2D eigenvalue weighted by Gasteiger charge is 2.31. The van der Waals surface area contributed by atoms with Crippen LogP contribution in [0.1, 0.15) is 41.3 Å². The third-order valence-electron chi connectivity index (χ3n) is 3.86. The summed E-state index contributed by atoms with van der Waals surface area (Å²) in [6.45, 7) is 2.83. The first kappa shape index (κ1) is 12.2. The van der Waals surface area contributed by atoms with Crippen LogP contribution in [-0.2, 0) is 17.6 Å². The van der Waals surface area contributed by atoms with E-state index in [-0.39, 0.29) is 11.9 Å². The first-order chi connectivity index (χ1) is 9.22. The SMILES string of the molecule is CCOC(=O)N1CCc2ccc3c(c21)CCCC3=O. The lowest BCUT2D eigenvalue weighted by atomic mass is 9.88. The average molecular weight is 259 g/mol. The molecule has 1 amide bonds. The molecule has 0 bridgehead atoms. The molecule has 4 heteroatoms. The van der Waals surface area contributed by atoms with E-state index in [1.54, 1.807) is 11.8 Å². The molecule has 0 saturated carbocycles. The average Bonchev–Trinajstić information content (AvgIpc) is 2.83. The highest BCUT2D eigenvalue weighted by atomic mass is 16.6. The Kier molecular flexibility index (Phi) is 3.01. The van der Waals surface area contributed by atoms with Crippen molar-refractivity contribution in [1.29, 1.82) is 0 Å². The topological polar surface area (TPSA) is 46.6 Å². The summed E-state index contributed by atoms with van der Waals surface area (Å²) >= 11 is 0. The van der Waals surface area contributed by atoms with E-state index >= 15 is 0 Å². The minimum Gasteiger partial charge on any atom is -0.449 e. The number of carbonyl (C=O) groups excluding carboxylic acids is 2. The highest BCUT2D eigenvalue weighted by molar-refractivity contribution is 6.02. The molecule has 1 aromatic carbocycles. The number of hydrogen-bond acceptors (Lipinski definition) is 3. The number of anilines is 1. The van der Waals surface area contributed by atoms with Crippen molar-refractivity contribution in [1.82, 2.24) is 0 Å². The number of benzene rings is 1. The van der Waals surface area contributed by atoms with Crippen LogP contribution >= 0.6 is 0 Å². The standard InChI is InChI=1S/C15H17NO3/c1-2-19-15(18)16-9-8-10-6-7-11-12(14(10)16)4-3-5-13(11)17/h6-7H,2-5,8-9H2,1H3. The van der Waals surface area contributed by atoms with E-state index in [1.165, 1.54) is 0 Å². The van der Waals surface area contributed by atoms with Gasteiger partial charge in [0.15, 0.2) is 5.78 Å². The molecular formula is C15H17NO3. The molecule has 0 unspecified atom stereocenters. The van der Waals surface area contributed by atoms with Crippen molar-refractivity contribution in [2.75, 3.05) is 18.1 Å². The summed E-state index contributed by atoms with van der Waals surface area (Å²) in [7, 11) is 0. The summed E-state index contributed by atoms with van der Waals surface area (Å²) in [4.78, 5) is 25.6. The number of nitrogens with zero attached hydrogens (tertiary/aromatic N) is 1. The number of ether oxygens (including phenoxy) is 1. The first-order valence-electron chi connectivity index (χ1n) is 6.84. The maximum atomic E-state index is 12.0. The van der Waals surface area contributed by atoms with Gasteiger partial charge in [0.2, 0.25) is 0 Å². The number of carbonyl (C=O) groups is 2. The van der Waals surface area contributed by atoms with Crippen LogP contribution in [0, 0.1) is 0 Å². The lowest BCUT2D eigenvalue weighted by Gasteiger charge is -2.23. The minimum absolute atomic E-state index is 0.194. The van der Waals surface area contributed by atoms with E-state index < -0.39 is 0 Å². The van der Waals surface area contributed by atoms with Gasteiger partial charge in [0.1, 0.15) is 0 Å². The van der Waals surface area contributed by atoms with Gasteiger partial charge in [-0.1, -0.05) is 12.1 Å². The molecule has 2 aliphatic rings. The largest absolute Gasteiger partial charge is 0.449 e. The second-order valence-electron chi connectivity index (χ2n) is 4.98. The molecule has 19 heavy (non-hydrogen) atoms. The van der Waals surface area contributed by atoms with Gasteiger partial charge < -0.3 is 4.74 Å². The van der Waals surface area contributed by atoms with E-state index in [2.05, 4.69) is 0 Å². The fraction of sp³-hybridized carbons (Fsp3) is 0.467. The summed E-state index contributed by atoms with van der Waals surface area (Å²) in [5.41, 5.74) is 3.92. The molecule has 3 rings (SSSR count). The Balaban J connectivity index is 2.06. The van der Waals surface area contributed by atoms with Crippen LogP contribution in [-0.4, -0.2) is 25.0 Å². The van der Waals surface area contributed by atoms with E-state index in [0.29, 0.717) is 19.6 Å². The van der Waals surface area contributed by atoms with Gasteiger partial charge in [0.05, 0.1) is 12.3 Å². The summed E-state index contributed by atoms with van der Waals surface area (Å²) in [5, 5.41) is 0. The minimum atomic E-state index is -0.298. The molecule has 1 heterocycles. The van der Waals surface area contributed by atoms with Crippen LogP contribution in [0.3, 0.4) is 0 Å². The molecule has 4 nitrogen and oxygen atoms in total. The van der Waals surface area contributed by atoms with Gasteiger partial charge in [-0.3, -0.25) is 9.69 Å². The van der Waals surface area contributed by atoms with Gasteiger partial charge in [-0.05, 0) is 37.3 Å². The second kappa shape index (κ2) is 4.68. The predicted octanol–water partition coefficient (Wildman–Crippen LogP) is 2.72. The Labute approximate surface area is 112 Å². The van der Waals surface area contributed by atoms with Crippen molar-refractivity contribution in [2.45, 2.75) is 32.6 Å². The van der Waals surface area contributed by atoms with Gasteiger partial charge >= 0.3 is 6.09 Å². The third-order valence-corrected chi connectivity index (χ3v) is 3.86. The molecule has 100 valence electrons. The molecule has 1 aliphatic heterocycles. The lowest BCUT2D eigenvalue weighted by Crippen LogP contribution is -2.31. The second-order valence-corrected chi connectivity index (χ2v) is 4.98. The Morgan fingerprint density at radius 2 is 2.16 bits per heavy atom. The molecule has 0 atom stereocenters. The summed E-state index contributed by atoms with van der Waals surface area (Å²) in [6, 6.07) is 3.90. The number of fused-ring (bicyclic) bond motifs is 3. The molecule has 0 saturated heterocycles. The zero-order valence-electron chi connectivity index (χ0n) is 11.1. The molecule has 0 radical (unpaired) electrons. The molecule has 0 aromatic heterocycles. The van der Waals surface area contributed by atoms with Gasteiger partial charge in [-0.2, -0.15) is 0 Å². The van der Waals surface area contributed by atoms with Crippen LogP contribution in [0.4, 0.5) is 10.5 Å². The van der Waals surface area contributed by atoms with Crippen LogP contribution < -0.4 is 4.90 Å². The van der Waals surface area contributed by atoms with Gasteiger partial charge in [0, 0.05) is 18.5 Å². The number of hydrogen-bond donors (Lipinski definition) is 0. The maximum absolute atomic E-state index is 12.0. The van der Waals surface area contributed by atoms with Crippen molar-refractivity contribution in [3.8, 4) is 0 Å². The van der Waals surface area contributed by atoms with Crippen molar-refractivity contribution in [2.24, 2.45) is 0 Å². The van der Waals surface area contributed by atoms with Crippen molar-refractivity contribution < 1.29 is 14.3 Å². The monoisotopic (exact) mass is 259 g/mol. The van der Waals surface area contributed by atoms with Crippen molar-refractivity contribution >= 4 is 17.6 Å². The number of rotatable bonds is 1. The molecular weight excluding hydrogens is 242 g/mol.